The van der Waals surface area contributed by atoms with Crippen LogP contribution in [0, 0.1) is 0 Å². The van der Waals surface area contributed by atoms with Crippen LogP contribution in [0.1, 0.15) is 47.1 Å². The average Bonchev–Trinajstić information content (AvgIpc) is 3.45. The molecule has 1 saturated carbocycles. The second kappa shape index (κ2) is 8.28. The molecule has 0 radical (unpaired) electrons. The number of rotatable bonds is 5. The molecule has 1 atom stereocenters. The van der Waals surface area contributed by atoms with Gasteiger partial charge in [0.2, 0.25) is 0 Å². The van der Waals surface area contributed by atoms with E-state index >= 15 is 0 Å². The molecule has 1 fully saturated rings. The van der Waals surface area contributed by atoms with E-state index in [1.54, 1.807) is 0 Å². The molecule has 0 saturated heterocycles. The Labute approximate surface area is 190 Å². The van der Waals surface area contributed by atoms with Crippen molar-refractivity contribution >= 4 is 28.5 Å². The van der Waals surface area contributed by atoms with Crippen molar-refractivity contribution in [3.05, 3.63) is 75.1 Å². The number of thioether (sulfide) groups is 1. The number of hydrogen-bond donors (Lipinski definition) is 1. The summed E-state index contributed by atoms with van der Waals surface area (Å²) in [7, 11) is 0. The number of carbonyl (C=O) groups excluding carboxylic acids is 1. The SMILES string of the molecule is NCc1c(Cc2cccc3ccccc23)c(C2CC2)c2n(c1=O)[C@H](C(=O)[O-])CS2.[Li+]. The first-order valence-corrected chi connectivity index (χ1v) is 10.9. The standard InChI is InChI=1S/C23H22N2O3S.Li/c24-11-18-17(10-15-6-3-5-13-4-1-2-7-16(13)15)20(14-8-9-14)22-25(21(18)26)19(12-29-22)23(27)28;/h1-7,14,19H,8-12,24H2,(H,27,28);/q;+1/p-1/t19-;/m0./s1. The summed E-state index contributed by atoms with van der Waals surface area (Å²) in [4.78, 5) is 24.9. The third kappa shape index (κ3) is 3.42. The Morgan fingerprint density at radius 3 is 2.57 bits per heavy atom. The maximum absolute atomic E-state index is 13.3. The van der Waals surface area contributed by atoms with Crippen molar-refractivity contribution in [1.29, 1.82) is 0 Å². The molecule has 5 nitrogen and oxygen atoms in total. The molecule has 2 N–H and O–H groups in total. The summed E-state index contributed by atoms with van der Waals surface area (Å²) in [6, 6.07) is 13.5. The summed E-state index contributed by atoms with van der Waals surface area (Å²) in [6.07, 6.45) is 2.75. The molecule has 2 aromatic carbocycles. The van der Waals surface area contributed by atoms with Crippen LogP contribution in [0.4, 0.5) is 0 Å². The zero-order valence-electron chi connectivity index (χ0n) is 16.9. The number of carboxylic acids is 1. The predicted molar refractivity (Wildman–Crippen MR) is 112 cm³/mol. The molecule has 148 valence electrons. The normalized spacial score (nSPS) is 17.6. The second-order valence-corrected chi connectivity index (χ2v) is 8.80. The van der Waals surface area contributed by atoms with Gasteiger partial charge < -0.3 is 15.6 Å². The van der Waals surface area contributed by atoms with Gasteiger partial charge in [-0.1, -0.05) is 42.5 Å². The van der Waals surface area contributed by atoms with E-state index < -0.39 is 12.0 Å². The summed E-state index contributed by atoms with van der Waals surface area (Å²) in [5, 5.41) is 14.8. The number of hydrogen-bond acceptors (Lipinski definition) is 5. The zero-order valence-corrected chi connectivity index (χ0v) is 17.7. The fourth-order valence-electron chi connectivity index (χ4n) is 4.47. The minimum absolute atomic E-state index is 0. The first kappa shape index (κ1) is 21.3. The molecule has 30 heavy (non-hydrogen) atoms. The van der Waals surface area contributed by atoms with E-state index in [1.807, 2.05) is 18.2 Å². The van der Waals surface area contributed by atoms with E-state index in [0.717, 1.165) is 39.9 Å². The molecular weight excluding hydrogens is 391 g/mol. The Bertz CT molecular complexity index is 1200. The monoisotopic (exact) mass is 412 g/mol. The predicted octanol–water partition coefficient (Wildman–Crippen LogP) is -0.671. The summed E-state index contributed by atoms with van der Waals surface area (Å²) >= 11 is 1.46. The number of fused-ring (bicyclic) bond motifs is 2. The Kier molecular flexibility index (Phi) is 5.87. The van der Waals surface area contributed by atoms with E-state index in [1.165, 1.54) is 21.7 Å². The van der Waals surface area contributed by atoms with E-state index in [4.69, 9.17) is 5.73 Å². The Morgan fingerprint density at radius 1 is 1.13 bits per heavy atom. The van der Waals surface area contributed by atoms with Crippen LogP contribution in [0.2, 0.25) is 0 Å². The van der Waals surface area contributed by atoms with Gasteiger partial charge in [0, 0.05) is 17.9 Å². The van der Waals surface area contributed by atoms with Crippen LogP contribution >= 0.6 is 11.8 Å². The van der Waals surface area contributed by atoms with Crippen molar-refractivity contribution in [1.82, 2.24) is 4.57 Å². The number of aliphatic carboxylic acids is 1. The van der Waals surface area contributed by atoms with E-state index in [0.29, 0.717) is 23.7 Å². The number of carbonyl (C=O) groups is 1. The largest absolute Gasteiger partial charge is 1.00 e. The third-order valence-electron chi connectivity index (χ3n) is 6.01. The van der Waals surface area contributed by atoms with E-state index in [2.05, 4.69) is 24.3 Å². The summed E-state index contributed by atoms with van der Waals surface area (Å²) in [5.74, 6) is -0.496. The molecule has 2 heterocycles. The molecule has 1 aliphatic heterocycles. The van der Waals surface area contributed by atoms with Crippen molar-refractivity contribution < 1.29 is 28.8 Å². The number of carboxylic acid groups (broad SMARTS) is 1. The van der Waals surface area contributed by atoms with Gasteiger partial charge in [-0.05, 0) is 52.6 Å². The van der Waals surface area contributed by atoms with Crippen LogP contribution in [-0.2, 0) is 17.8 Å². The smallest absolute Gasteiger partial charge is 0.548 e. The van der Waals surface area contributed by atoms with Gasteiger partial charge >= 0.3 is 18.9 Å². The minimum Gasteiger partial charge on any atom is -0.548 e. The Hall–Kier alpha value is -1.97. The van der Waals surface area contributed by atoms with Crippen molar-refractivity contribution in [3.63, 3.8) is 0 Å². The van der Waals surface area contributed by atoms with Gasteiger partial charge in [0.1, 0.15) is 0 Å². The molecule has 1 aromatic heterocycles. The fraction of sp³-hybridized carbons (Fsp3) is 0.304. The third-order valence-corrected chi connectivity index (χ3v) is 7.19. The maximum Gasteiger partial charge on any atom is 1.00 e. The minimum atomic E-state index is -1.20. The summed E-state index contributed by atoms with van der Waals surface area (Å²) < 4.78 is 1.43. The number of aromatic nitrogens is 1. The Balaban J connectivity index is 0.00000218. The van der Waals surface area contributed by atoms with Gasteiger partial charge in [0.25, 0.3) is 5.56 Å². The zero-order chi connectivity index (χ0) is 20.1. The van der Waals surface area contributed by atoms with Crippen LogP contribution in [0.3, 0.4) is 0 Å². The van der Waals surface area contributed by atoms with Crippen molar-refractivity contribution in [2.75, 3.05) is 5.75 Å². The van der Waals surface area contributed by atoms with Crippen molar-refractivity contribution in [2.45, 2.75) is 42.8 Å². The average molecular weight is 412 g/mol. The quantitative estimate of drug-likeness (QED) is 0.562. The van der Waals surface area contributed by atoms with Crippen LogP contribution in [0.15, 0.2) is 52.3 Å². The second-order valence-electron chi connectivity index (χ2n) is 7.79. The molecule has 0 unspecified atom stereocenters. The number of pyridine rings is 1. The van der Waals surface area contributed by atoms with Gasteiger partial charge in [0.05, 0.1) is 17.0 Å². The first-order valence-electron chi connectivity index (χ1n) is 9.90. The molecular formula is C23H21LiN2O3S. The molecule has 0 spiro atoms. The summed E-state index contributed by atoms with van der Waals surface area (Å²) in [6.45, 7) is 0.101. The van der Waals surface area contributed by atoms with Crippen LogP contribution in [-0.4, -0.2) is 16.3 Å². The maximum atomic E-state index is 13.3. The molecule has 1 aliphatic carbocycles. The molecule has 0 amide bonds. The topological polar surface area (TPSA) is 88.2 Å². The van der Waals surface area contributed by atoms with Gasteiger partial charge in [-0.15, -0.1) is 11.8 Å². The van der Waals surface area contributed by atoms with E-state index in [9.17, 15) is 14.7 Å². The van der Waals surface area contributed by atoms with Gasteiger partial charge in [-0.3, -0.25) is 9.36 Å². The van der Waals surface area contributed by atoms with Crippen LogP contribution in [0.25, 0.3) is 10.8 Å². The van der Waals surface area contributed by atoms with Crippen LogP contribution < -0.4 is 35.3 Å². The Morgan fingerprint density at radius 2 is 1.87 bits per heavy atom. The van der Waals surface area contributed by atoms with Crippen molar-refractivity contribution in [3.8, 4) is 0 Å². The van der Waals surface area contributed by atoms with Crippen LogP contribution in [0.5, 0.6) is 0 Å². The molecule has 7 heteroatoms. The number of benzene rings is 2. The van der Waals surface area contributed by atoms with Crippen molar-refractivity contribution in [2.24, 2.45) is 5.73 Å². The number of nitrogens with zero attached hydrogens (tertiary/aromatic N) is 1. The fourth-order valence-corrected chi connectivity index (χ4v) is 5.86. The molecule has 2 aliphatic rings. The van der Waals surface area contributed by atoms with Gasteiger partial charge in [-0.25, -0.2) is 0 Å². The first-order chi connectivity index (χ1) is 14.1. The summed E-state index contributed by atoms with van der Waals surface area (Å²) in [5.41, 5.74) is 9.58. The number of nitrogens with two attached hydrogens (primary N) is 1. The van der Waals surface area contributed by atoms with Gasteiger partial charge in [0.15, 0.2) is 0 Å². The molecule has 5 rings (SSSR count). The molecule has 3 aromatic rings. The van der Waals surface area contributed by atoms with Gasteiger partial charge in [-0.2, -0.15) is 0 Å². The molecule has 0 bridgehead atoms. The van der Waals surface area contributed by atoms with E-state index in [-0.39, 0.29) is 31.0 Å².